The summed E-state index contributed by atoms with van der Waals surface area (Å²) in [7, 11) is 0. The number of nitrogens with one attached hydrogen (secondary N) is 1. The molecule has 2 unspecified atom stereocenters. The summed E-state index contributed by atoms with van der Waals surface area (Å²) in [5, 5.41) is 12.2. The largest absolute Gasteiger partial charge is 0.478 e. The molecule has 5 heteroatoms. The lowest BCUT2D eigenvalue weighted by molar-refractivity contribution is 0.226. The molecule has 0 saturated carbocycles. The molecular weight excluding hydrogens is 218 g/mol. The average molecular weight is 239 g/mol. The first-order chi connectivity index (χ1) is 8.06. The van der Waals surface area contributed by atoms with E-state index in [1.165, 1.54) is 0 Å². The van der Waals surface area contributed by atoms with Crippen LogP contribution in [0.5, 0.6) is 5.88 Å². The number of hydrogen-bond acceptors (Lipinski definition) is 5. The summed E-state index contributed by atoms with van der Waals surface area (Å²) in [4.78, 5) is 8.54. The second-order valence-corrected chi connectivity index (χ2v) is 4.20. The summed E-state index contributed by atoms with van der Waals surface area (Å²) >= 11 is 0. The van der Waals surface area contributed by atoms with Crippen molar-refractivity contribution in [2.45, 2.75) is 33.7 Å². The molecule has 5 nitrogen and oxygen atoms in total. The molecule has 1 aromatic heterocycles. The molecule has 0 radical (unpaired) electrons. The molecule has 0 spiro atoms. The Kier molecular flexibility index (Phi) is 5.15. The van der Waals surface area contributed by atoms with Gasteiger partial charge in [0.2, 0.25) is 11.8 Å². The van der Waals surface area contributed by atoms with Gasteiger partial charge >= 0.3 is 0 Å². The Labute approximate surface area is 102 Å². The van der Waals surface area contributed by atoms with Crippen LogP contribution in [0.2, 0.25) is 0 Å². The third-order valence-corrected chi connectivity index (χ3v) is 2.62. The second-order valence-electron chi connectivity index (χ2n) is 4.20. The maximum absolute atomic E-state index is 9.07. The first kappa shape index (κ1) is 13.7. The zero-order valence-electron chi connectivity index (χ0n) is 10.9. The van der Waals surface area contributed by atoms with Gasteiger partial charge in [-0.3, -0.25) is 0 Å². The number of aliphatic hydroxyl groups is 1. The van der Waals surface area contributed by atoms with Crippen molar-refractivity contribution in [3.05, 3.63) is 11.8 Å². The van der Waals surface area contributed by atoms with Gasteiger partial charge in [-0.1, -0.05) is 6.92 Å². The highest BCUT2D eigenvalue weighted by atomic mass is 16.5. The van der Waals surface area contributed by atoms with E-state index >= 15 is 0 Å². The van der Waals surface area contributed by atoms with Gasteiger partial charge in [-0.05, 0) is 26.7 Å². The summed E-state index contributed by atoms with van der Waals surface area (Å²) in [6.45, 7) is 8.50. The molecule has 0 amide bonds. The third-order valence-electron chi connectivity index (χ3n) is 2.62. The molecule has 1 heterocycles. The third kappa shape index (κ3) is 4.19. The molecular formula is C12H21N3O2. The fourth-order valence-electron chi connectivity index (χ4n) is 1.33. The molecule has 0 bridgehead atoms. The van der Waals surface area contributed by atoms with Crippen LogP contribution in [0.3, 0.4) is 0 Å². The topological polar surface area (TPSA) is 67.3 Å². The van der Waals surface area contributed by atoms with Gasteiger partial charge < -0.3 is 15.2 Å². The van der Waals surface area contributed by atoms with Crippen molar-refractivity contribution in [1.82, 2.24) is 9.97 Å². The number of ether oxygens (including phenoxy) is 1. The number of hydrogen-bond donors (Lipinski definition) is 2. The Hall–Kier alpha value is -1.36. The van der Waals surface area contributed by atoms with Gasteiger partial charge in [-0.15, -0.1) is 0 Å². The van der Waals surface area contributed by atoms with Gasteiger partial charge in [0.05, 0.1) is 6.61 Å². The van der Waals surface area contributed by atoms with Crippen LogP contribution in [0.15, 0.2) is 6.07 Å². The number of aromatic nitrogens is 2. The minimum atomic E-state index is 0.108. The number of rotatable bonds is 6. The van der Waals surface area contributed by atoms with E-state index in [1.54, 1.807) is 6.07 Å². The van der Waals surface area contributed by atoms with Crippen LogP contribution in [0.4, 0.5) is 5.95 Å². The van der Waals surface area contributed by atoms with Crippen LogP contribution in [0.25, 0.3) is 0 Å². The number of aliphatic hydroxyl groups excluding tert-OH is 1. The fourth-order valence-corrected chi connectivity index (χ4v) is 1.33. The Morgan fingerprint density at radius 3 is 2.71 bits per heavy atom. The predicted octanol–water partition coefficient (Wildman–Crippen LogP) is 1.61. The molecule has 0 aromatic carbocycles. The molecule has 17 heavy (non-hydrogen) atoms. The predicted molar refractivity (Wildman–Crippen MR) is 67.3 cm³/mol. The minimum Gasteiger partial charge on any atom is -0.478 e. The van der Waals surface area contributed by atoms with E-state index in [0.29, 0.717) is 18.4 Å². The normalized spacial score (nSPS) is 14.2. The Morgan fingerprint density at radius 1 is 1.41 bits per heavy atom. The molecule has 2 atom stereocenters. The Balaban J connectivity index is 2.76. The van der Waals surface area contributed by atoms with Gasteiger partial charge in [0.15, 0.2) is 0 Å². The highest BCUT2D eigenvalue weighted by Gasteiger charge is 2.12. The minimum absolute atomic E-state index is 0.108. The van der Waals surface area contributed by atoms with Gasteiger partial charge in [0.25, 0.3) is 0 Å². The lowest BCUT2D eigenvalue weighted by atomic mass is 10.1. The first-order valence-corrected chi connectivity index (χ1v) is 5.92. The van der Waals surface area contributed by atoms with Crippen molar-refractivity contribution in [2.75, 3.05) is 18.5 Å². The lowest BCUT2D eigenvalue weighted by Gasteiger charge is -2.19. The molecule has 0 aliphatic carbocycles. The molecule has 0 fully saturated rings. The highest BCUT2D eigenvalue weighted by Crippen LogP contribution is 2.14. The van der Waals surface area contributed by atoms with Crippen molar-refractivity contribution >= 4 is 5.95 Å². The van der Waals surface area contributed by atoms with Crippen molar-refractivity contribution < 1.29 is 9.84 Å². The van der Waals surface area contributed by atoms with Crippen LogP contribution < -0.4 is 10.1 Å². The van der Waals surface area contributed by atoms with Gasteiger partial charge in [-0.2, -0.15) is 4.98 Å². The second kappa shape index (κ2) is 6.39. The number of anilines is 1. The number of aryl methyl sites for hydroxylation is 1. The van der Waals surface area contributed by atoms with Crippen molar-refractivity contribution in [3.8, 4) is 5.88 Å². The zero-order chi connectivity index (χ0) is 12.8. The van der Waals surface area contributed by atoms with Crippen LogP contribution in [0, 0.1) is 12.8 Å². The van der Waals surface area contributed by atoms with Crippen molar-refractivity contribution in [2.24, 2.45) is 5.92 Å². The van der Waals surface area contributed by atoms with Crippen molar-refractivity contribution in [3.63, 3.8) is 0 Å². The lowest BCUT2D eigenvalue weighted by Crippen LogP contribution is -2.27. The fraction of sp³-hybridized carbons (Fsp3) is 0.667. The SMILES string of the molecule is CCOc1cc(C)nc(NC(C)C(C)CO)n1. The average Bonchev–Trinajstić information content (AvgIpc) is 2.27. The highest BCUT2D eigenvalue weighted by molar-refractivity contribution is 5.31. The van der Waals surface area contributed by atoms with E-state index in [1.807, 2.05) is 27.7 Å². The molecule has 0 aliphatic heterocycles. The molecule has 1 aromatic rings. The van der Waals surface area contributed by atoms with E-state index < -0.39 is 0 Å². The molecule has 96 valence electrons. The maximum Gasteiger partial charge on any atom is 0.226 e. The van der Waals surface area contributed by atoms with Gasteiger partial charge in [0.1, 0.15) is 0 Å². The smallest absolute Gasteiger partial charge is 0.226 e. The van der Waals surface area contributed by atoms with E-state index in [0.717, 1.165) is 5.69 Å². The van der Waals surface area contributed by atoms with Crippen molar-refractivity contribution in [1.29, 1.82) is 0 Å². The molecule has 1 rings (SSSR count). The van der Waals surface area contributed by atoms with E-state index in [9.17, 15) is 0 Å². The van der Waals surface area contributed by atoms with Gasteiger partial charge in [0, 0.05) is 24.4 Å². The Bertz CT molecular complexity index is 358. The van der Waals surface area contributed by atoms with Crippen LogP contribution in [-0.4, -0.2) is 34.3 Å². The molecule has 0 saturated heterocycles. The van der Waals surface area contributed by atoms with Crippen LogP contribution in [-0.2, 0) is 0 Å². The summed E-state index contributed by atoms with van der Waals surface area (Å²) in [6, 6.07) is 1.91. The van der Waals surface area contributed by atoms with Crippen LogP contribution in [0.1, 0.15) is 26.5 Å². The number of nitrogens with zero attached hydrogens (tertiary/aromatic N) is 2. The maximum atomic E-state index is 9.07. The first-order valence-electron chi connectivity index (χ1n) is 5.92. The summed E-state index contributed by atoms with van der Waals surface area (Å²) in [5.41, 5.74) is 0.856. The zero-order valence-corrected chi connectivity index (χ0v) is 10.9. The quantitative estimate of drug-likeness (QED) is 0.789. The summed E-state index contributed by atoms with van der Waals surface area (Å²) in [6.07, 6.45) is 0. The van der Waals surface area contributed by atoms with E-state index in [4.69, 9.17) is 9.84 Å². The molecule has 0 aliphatic rings. The standard InChI is InChI=1S/C12H21N3O2/c1-5-17-11-6-9(3)13-12(15-11)14-10(4)8(2)7-16/h6,8,10,16H,5,7H2,1-4H3,(H,13,14,15). The summed E-state index contributed by atoms with van der Waals surface area (Å²) < 4.78 is 5.36. The van der Waals surface area contributed by atoms with Gasteiger partial charge in [-0.25, -0.2) is 4.98 Å². The summed E-state index contributed by atoms with van der Waals surface area (Å²) in [5.74, 6) is 1.27. The van der Waals surface area contributed by atoms with E-state index in [2.05, 4.69) is 15.3 Å². The van der Waals surface area contributed by atoms with E-state index in [-0.39, 0.29) is 18.6 Å². The Morgan fingerprint density at radius 2 is 2.12 bits per heavy atom. The molecule has 2 N–H and O–H groups in total. The monoisotopic (exact) mass is 239 g/mol. The van der Waals surface area contributed by atoms with Crippen LogP contribution >= 0.6 is 0 Å².